The molecule has 40 heavy (non-hydrogen) atoms. The van der Waals surface area contributed by atoms with Gasteiger partial charge in [-0.3, -0.25) is 4.98 Å². The van der Waals surface area contributed by atoms with Gasteiger partial charge in [0.2, 0.25) is 0 Å². The summed E-state index contributed by atoms with van der Waals surface area (Å²) in [7, 11) is -2.88. The highest BCUT2D eigenvalue weighted by atomic mass is 32.1. The van der Waals surface area contributed by atoms with E-state index in [0.29, 0.717) is 21.2 Å². The summed E-state index contributed by atoms with van der Waals surface area (Å²) in [5.41, 5.74) is -2.27. The Balaban J connectivity index is 1.86. The monoisotopic (exact) mass is 589 g/mol. The Kier molecular flexibility index (Phi) is 6.85. The molecule has 3 aromatic carbocycles. The molecular formula is C31H29F6NSSi. The minimum absolute atomic E-state index is 0.00419. The standard InChI is InChI=1S/C31H29F6NSSi/c1-18(2)24-16-20(15-19-9-6-7-10-21(19)24)26-28-23(13-14-38-26)22-11-8-12-25(27(22)39-28)29(30(32,33)34,31(35,36)37)17-40(3,4)5/h6-16,18H,17H2,1-5H3. The lowest BCUT2D eigenvalue weighted by Gasteiger charge is -2.41. The van der Waals surface area contributed by atoms with Gasteiger partial charge in [-0.2, -0.15) is 26.3 Å². The van der Waals surface area contributed by atoms with E-state index < -0.39 is 37.4 Å². The lowest BCUT2D eigenvalue weighted by Crippen LogP contribution is -2.57. The molecule has 2 aromatic heterocycles. The molecule has 0 N–H and O–H groups in total. The number of thiophene rings is 1. The molecule has 5 aromatic rings. The van der Waals surface area contributed by atoms with Gasteiger partial charge in [-0.05, 0) is 52.1 Å². The zero-order valence-electron chi connectivity index (χ0n) is 22.8. The highest BCUT2D eigenvalue weighted by molar-refractivity contribution is 7.26. The molecular weight excluding hydrogens is 560 g/mol. The third-order valence-corrected chi connectivity index (χ3v) is 10.3. The van der Waals surface area contributed by atoms with E-state index in [-0.39, 0.29) is 10.6 Å². The minimum atomic E-state index is -5.53. The fourth-order valence-corrected chi connectivity index (χ4v) is 9.36. The normalized spacial score (nSPS) is 13.7. The lowest BCUT2D eigenvalue weighted by molar-refractivity contribution is -0.297. The van der Waals surface area contributed by atoms with Crippen molar-refractivity contribution < 1.29 is 26.3 Å². The average molecular weight is 590 g/mol. The molecule has 9 heteroatoms. The Hall–Kier alpha value is -2.91. The van der Waals surface area contributed by atoms with Crippen molar-refractivity contribution in [2.24, 2.45) is 0 Å². The molecule has 0 aliphatic carbocycles. The van der Waals surface area contributed by atoms with Crippen LogP contribution in [0.3, 0.4) is 0 Å². The van der Waals surface area contributed by atoms with Crippen LogP contribution in [-0.2, 0) is 5.41 Å². The zero-order valence-corrected chi connectivity index (χ0v) is 24.6. The number of alkyl halides is 6. The molecule has 0 amide bonds. The van der Waals surface area contributed by atoms with E-state index in [1.807, 2.05) is 36.4 Å². The molecule has 0 bridgehead atoms. The molecule has 0 saturated heterocycles. The molecule has 5 rings (SSSR count). The fraction of sp³-hybridized carbons (Fsp3) is 0.323. The van der Waals surface area contributed by atoms with Gasteiger partial charge in [-0.25, -0.2) is 0 Å². The summed E-state index contributed by atoms with van der Waals surface area (Å²) in [5.74, 6) is 0.193. The summed E-state index contributed by atoms with van der Waals surface area (Å²) in [6.45, 7) is 8.78. The summed E-state index contributed by atoms with van der Waals surface area (Å²) in [6.07, 6.45) is -9.48. The van der Waals surface area contributed by atoms with Gasteiger partial charge in [0.15, 0.2) is 5.41 Å². The SMILES string of the molecule is CC(C)c1cc(-c2nccc3c2sc2c(C(C[Si](C)(C)C)(C(F)(F)F)C(F)(F)F)cccc23)cc2ccccc12. The molecule has 0 aliphatic rings. The Bertz CT molecular complexity index is 1710. The second-order valence-electron chi connectivity index (χ2n) is 11.9. The van der Waals surface area contributed by atoms with E-state index in [2.05, 4.69) is 18.8 Å². The first-order valence-electron chi connectivity index (χ1n) is 13.0. The van der Waals surface area contributed by atoms with Crippen LogP contribution in [0.15, 0.2) is 66.9 Å². The van der Waals surface area contributed by atoms with Crippen molar-refractivity contribution >= 4 is 50.4 Å². The minimum Gasteiger partial charge on any atom is -0.255 e. The highest BCUT2D eigenvalue weighted by Crippen LogP contribution is 2.59. The summed E-state index contributed by atoms with van der Waals surface area (Å²) < 4.78 is 89.2. The van der Waals surface area contributed by atoms with E-state index in [9.17, 15) is 26.3 Å². The number of aromatic nitrogens is 1. The van der Waals surface area contributed by atoms with Gasteiger partial charge in [-0.1, -0.05) is 76.0 Å². The first-order chi connectivity index (χ1) is 18.5. The van der Waals surface area contributed by atoms with Gasteiger partial charge < -0.3 is 0 Å². The lowest BCUT2D eigenvalue weighted by atomic mass is 9.80. The van der Waals surface area contributed by atoms with Crippen LogP contribution in [0.5, 0.6) is 0 Å². The number of pyridine rings is 1. The van der Waals surface area contributed by atoms with Crippen molar-refractivity contribution in [3.8, 4) is 11.3 Å². The Morgan fingerprint density at radius 3 is 2.02 bits per heavy atom. The van der Waals surface area contributed by atoms with Crippen LogP contribution in [0.2, 0.25) is 25.7 Å². The van der Waals surface area contributed by atoms with Crippen molar-refractivity contribution in [1.82, 2.24) is 4.98 Å². The van der Waals surface area contributed by atoms with Crippen LogP contribution in [0.25, 0.3) is 42.2 Å². The maximum Gasteiger partial charge on any atom is 0.406 e. The summed E-state index contributed by atoms with van der Waals surface area (Å²) in [5, 5.41) is 3.06. The van der Waals surface area contributed by atoms with Gasteiger partial charge in [-0.15, -0.1) is 11.3 Å². The summed E-state index contributed by atoms with van der Waals surface area (Å²) in [6, 6.07) is 16.6. The quantitative estimate of drug-likeness (QED) is 0.147. The van der Waals surface area contributed by atoms with E-state index in [1.165, 1.54) is 6.07 Å². The number of rotatable bonds is 5. The van der Waals surface area contributed by atoms with Gasteiger partial charge >= 0.3 is 12.4 Å². The molecule has 1 nitrogen and oxygen atoms in total. The van der Waals surface area contributed by atoms with Crippen LogP contribution in [0.4, 0.5) is 26.3 Å². The number of hydrogen-bond donors (Lipinski definition) is 0. The molecule has 0 spiro atoms. The topological polar surface area (TPSA) is 12.9 Å². The van der Waals surface area contributed by atoms with Crippen molar-refractivity contribution in [3.05, 3.63) is 78.0 Å². The van der Waals surface area contributed by atoms with Crippen LogP contribution in [0, 0.1) is 0 Å². The van der Waals surface area contributed by atoms with Crippen molar-refractivity contribution in [2.45, 2.75) is 63.2 Å². The summed E-state index contributed by atoms with van der Waals surface area (Å²) >= 11 is 0.967. The molecule has 0 saturated carbocycles. The predicted molar refractivity (Wildman–Crippen MR) is 156 cm³/mol. The number of fused-ring (bicyclic) bond motifs is 4. The number of hydrogen-bond acceptors (Lipinski definition) is 2. The molecule has 0 unspecified atom stereocenters. The number of halogens is 6. The molecule has 0 aliphatic heterocycles. The van der Waals surface area contributed by atoms with Gasteiger partial charge in [0.05, 0.1) is 10.4 Å². The summed E-state index contributed by atoms with van der Waals surface area (Å²) in [4.78, 5) is 4.60. The first-order valence-corrected chi connectivity index (χ1v) is 17.5. The average Bonchev–Trinajstić information content (AvgIpc) is 3.23. The maximum atomic E-state index is 14.8. The van der Waals surface area contributed by atoms with E-state index >= 15 is 0 Å². The van der Waals surface area contributed by atoms with Crippen LogP contribution in [-0.4, -0.2) is 25.4 Å². The predicted octanol–water partition coefficient (Wildman–Crippen LogP) is 11.1. The van der Waals surface area contributed by atoms with E-state index in [4.69, 9.17) is 0 Å². The number of benzene rings is 3. The fourth-order valence-electron chi connectivity index (χ4n) is 5.78. The van der Waals surface area contributed by atoms with Gasteiger partial charge in [0.25, 0.3) is 0 Å². The van der Waals surface area contributed by atoms with Crippen LogP contribution in [0.1, 0.15) is 30.9 Å². The van der Waals surface area contributed by atoms with E-state index in [0.717, 1.165) is 39.3 Å². The number of nitrogens with zero attached hydrogens (tertiary/aromatic N) is 1. The first kappa shape index (κ1) is 28.6. The largest absolute Gasteiger partial charge is 0.406 e. The van der Waals surface area contributed by atoms with Crippen molar-refractivity contribution in [1.29, 1.82) is 0 Å². The zero-order chi connectivity index (χ0) is 29.3. The second-order valence-corrected chi connectivity index (χ2v) is 18.4. The smallest absolute Gasteiger partial charge is 0.255 e. The molecule has 2 heterocycles. The van der Waals surface area contributed by atoms with Crippen molar-refractivity contribution in [2.75, 3.05) is 0 Å². The van der Waals surface area contributed by atoms with E-state index in [1.54, 1.807) is 38.0 Å². The third-order valence-electron chi connectivity index (χ3n) is 7.43. The Labute approximate surface area is 233 Å². The van der Waals surface area contributed by atoms with Gasteiger partial charge in [0.1, 0.15) is 0 Å². The second kappa shape index (κ2) is 9.58. The Morgan fingerprint density at radius 2 is 1.40 bits per heavy atom. The maximum absolute atomic E-state index is 14.8. The molecule has 0 fully saturated rings. The highest BCUT2D eigenvalue weighted by Gasteiger charge is 2.72. The Morgan fingerprint density at radius 1 is 0.775 bits per heavy atom. The van der Waals surface area contributed by atoms with Crippen LogP contribution < -0.4 is 0 Å². The van der Waals surface area contributed by atoms with Crippen molar-refractivity contribution in [3.63, 3.8) is 0 Å². The van der Waals surface area contributed by atoms with Gasteiger partial charge in [0, 0.05) is 35.3 Å². The molecule has 0 atom stereocenters. The molecule has 0 radical (unpaired) electrons. The third kappa shape index (κ3) is 4.61. The molecule has 210 valence electrons. The van der Waals surface area contributed by atoms with Crippen LogP contribution >= 0.6 is 11.3 Å².